The summed E-state index contributed by atoms with van der Waals surface area (Å²) < 4.78 is 5.31. The molecule has 1 N–H and O–H groups in total. The number of aliphatic hydroxyl groups excluding tert-OH is 1. The molecule has 0 bridgehead atoms. The number of carbonyl (C=O) groups is 1. The third-order valence-corrected chi connectivity index (χ3v) is 2.45. The van der Waals surface area contributed by atoms with Crippen LogP contribution in [-0.2, 0) is 9.53 Å². The molecule has 3 nitrogen and oxygen atoms in total. The first-order chi connectivity index (χ1) is 6.18. The second-order valence-electron chi connectivity index (χ2n) is 3.51. The molecule has 70 valence electrons. The van der Waals surface area contributed by atoms with Crippen molar-refractivity contribution < 1.29 is 14.6 Å². The van der Waals surface area contributed by atoms with Crippen molar-refractivity contribution in [3.8, 4) is 0 Å². The Morgan fingerprint density at radius 1 is 1.62 bits per heavy atom. The maximum Gasteiger partial charge on any atom is 0.173 e. The monoisotopic (exact) mass is 180 g/mol. The molecule has 2 aliphatic rings. The van der Waals surface area contributed by atoms with E-state index in [0.29, 0.717) is 0 Å². The largest absolute Gasteiger partial charge is 0.383 e. The number of rotatable bonds is 0. The zero-order valence-electron chi connectivity index (χ0n) is 7.43. The minimum atomic E-state index is -0.947. The van der Waals surface area contributed by atoms with Gasteiger partial charge in [0.15, 0.2) is 5.78 Å². The van der Waals surface area contributed by atoms with Gasteiger partial charge in [-0.2, -0.15) is 0 Å². The normalized spacial score (nSPS) is 38.5. The first-order valence-electron chi connectivity index (χ1n) is 4.38. The summed E-state index contributed by atoms with van der Waals surface area (Å²) in [7, 11) is 0. The fraction of sp³-hybridized carbons (Fsp3) is 0.500. The van der Waals surface area contributed by atoms with E-state index in [0.717, 1.165) is 5.57 Å². The zero-order chi connectivity index (χ0) is 9.42. The predicted molar refractivity (Wildman–Crippen MR) is 47.1 cm³/mol. The Kier molecular flexibility index (Phi) is 2.06. The Morgan fingerprint density at radius 3 is 3.15 bits per heavy atom. The van der Waals surface area contributed by atoms with Gasteiger partial charge >= 0.3 is 0 Å². The molecule has 0 radical (unpaired) electrons. The highest BCUT2D eigenvalue weighted by atomic mass is 16.5. The lowest BCUT2D eigenvalue weighted by Crippen LogP contribution is -2.45. The van der Waals surface area contributed by atoms with Crippen LogP contribution in [-0.4, -0.2) is 29.7 Å². The molecule has 13 heavy (non-hydrogen) atoms. The Bertz CT molecular complexity index is 291. The molecule has 3 atom stereocenters. The van der Waals surface area contributed by atoms with E-state index in [2.05, 4.69) is 0 Å². The van der Waals surface area contributed by atoms with Gasteiger partial charge in [0.2, 0.25) is 0 Å². The number of ketones is 1. The van der Waals surface area contributed by atoms with Crippen LogP contribution in [0.15, 0.2) is 23.8 Å². The highest BCUT2D eigenvalue weighted by molar-refractivity contribution is 5.88. The minimum absolute atomic E-state index is 0.122. The number of allylic oxidation sites excluding steroid dienone is 2. The molecule has 0 spiro atoms. The standard InChI is InChI=1S/C10H12O3/c1-6-2-3-9-7(4-6)10(12)8(11)5-13-9/h2-4,7-9,11H,5H2,1H3. The van der Waals surface area contributed by atoms with Crippen LogP contribution in [0.4, 0.5) is 0 Å². The van der Waals surface area contributed by atoms with Crippen molar-refractivity contribution in [2.24, 2.45) is 5.92 Å². The summed E-state index contributed by atoms with van der Waals surface area (Å²) in [6.45, 7) is 2.05. The summed E-state index contributed by atoms with van der Waals surface area (Å²) in [5.41, 5.74) is 1.05. The number of carbonyl (C=O) groups excluding carboxylic acids is 1. The summed E-state index contributed by atoms with van der Waals surface area (Å²) in [5, 5.41) is 9.27. The minimum Gasteiger partial charge on any atom is -0.383 e. The van der Waals surface area contributed by atoms with E-state index in [1.54, 1.807) is 0 Å². The summed E-state index contributed by atoms with van der Waals surface area (Å²) in [4.78, 5) is 11.5. The van der Waals surface area contributed by atoms with Crippen molar-refractivity contribution in [3.05, 3.63) is 23.8 Å². The van der Waals surface area contributed by atoms with Crippen molar-refractivity contribution in [3.63, 3.8) is 0 Å². The average molecular weight is 180 g/mol. The van der Waals surface area contributed by atoms with Crippen molar-refractivity contribution in [2.75, 3.05) is 6.61 Å². The first kappa shape index (κ1) is 8.66. The van der Waals surface area contributed by atoms with Crippen molar-refractivity contribution >= 4 is 5.78 Å². The molecule has 0 amide bonds. The first-order valence-corrected chi connectivity index (χ1v) is 4.38. The average Bonchev–Trinajstić information content (AvgIpc) is 2.12. The zero-order valence-corrected chi connectivity index (χ0v) is 7.43. The van der Waals surface area contributed by atoms with E-state index < -0.39 is 6.10 Å². The van der Waals surface area contributed by atoms with Crippen molar-refractivity contribution in [1.82, 2.24) is 0 Å². The van der Waals surface area contributed by atoms with E-state index in [1.165, 1.54) is 0 Å². The molecule has 0 saturated carbocycles. The number of hydrogen-bond donors (Lipinski definition) is 1. The van der Waals surface area contributed by atoms with Gasteiger partial charge in [-0.3, -0.25) is 4.79 Å². The van der Waals surface area contributed by atoms with Gasteiger partial charge in [0.05, 0.1) is 18.6 Å². The van der Waals surface area contributed by atoms with Gasteiger partial charge < -0.3 is 9.84 Å². The lowest BCUT2D eigenvalue weighted by molar-refractivity contribution is -0.146. The highest BCUT2D eigenvalue weighted by Crippen LogP contribution is 2.25. The van der Waals surface area contributed by atoms with Crippen LogP contribution in [0.3, 0.4) is 0 Å². The number of hydrogen-bond acceptors (Lipinski definition) is 3. The Balaban J connectivity index is 2.25. The van der Waals surface area contributed by atoms with Gasteiger partial charge in [-0.15, -0.1) is 0 Å². The van der Waals surface area contributed by atoms with Crippen LogP contribution in [0.5, 0.6) is 0 Å². The third-order valence-electron chi connectivity index (χ3n) is 2.45. The van der Waals surface area contributed by atoms with Crippen LogP contribution < -0.4 is 0 Å². The fourth-order valence-electron chi connectivity index (χ4n) is 1.71. The number of Topliss-reactive ketones (excluding diaryl/α,β-unsaturated/α-hetero) is 1. The summed E-state index contributed by atoms with van der Waals surface area (Å²) in [6, 6.07) is 0. The molecule has 1 aliphatic heterocycles. The second-order valence-corrected chi connectivity index (χ2v) is 3.51. The third kappa shape index (κ3) is 1.45. The van der Waals surface area contributed by atoms with Crippen LogP contribution in [0.1, 0.15) is 6.92 Å². The molecular weight excluding hydrogens is 168 g/mol. The van der Waals surface area contributed by atoms with Crippen LogP contribution in [0.2, 0.25) is 0 Å². The lowest BCUT2D eigenvalue weighted by Gasteiger charge is -2.31. The van der Waals surface area contributed by atoms with E-state index in [9.17, 15) is 9.90 Å². The van der Waals surface area contributed by atoms with E-state index in [1.807, 2.05) is 25.2 Å². The fourth-order valence-corrected chi connectivity index (χ4v) is 1.71. The molecular formula is C10H12O3. The van der Waals surface area contributed by atoms with E-state index in [-0.39, 0.29) is 24.4 Å². The van der Waals surface area contributed by atoms with Crippen LogP contribution in [0, 0.1) is 5.92 Å². The van der Waals surface area contributed by atoms with Gasteiger partial charge in [-0.1, -0.05) is 23.8 Å². The molecule has 3 unspecified atom stereocenters. The molecule has 1 saturated heterocycles. The SMILES string of the molecule is CC1=CC2C(=O)C(O)COC2C=C1. The van der Waals surface area contributed by atoms with Gasteiger partial charge in [-0.05, 0) is 6.92 Å². The molecule has 1 aliphatic carbocycles. The van der Waals surface area contributed by atoms with Gasteiger partial charge in [0.25, 0.3) is 0 Å². The van der Waals surface area contributed by atoms with Crippen molar-refractivity contribution in [2.45, 2.75) is 19.1 Å². The summed E-state index contributed by atoms with van der Waals surface area (Å²) >= 11 is 0. The summed E-state index contributed by atoms with van der Waals surface area (Å²) in [6.07, 6.45) is 4.56. The highest BCUT2D eigenvalue weighted by Gasteiger charge is 2.36. The van der Waals surface area contributed by atoms with E-state index >= 15 is 0 Å². The van der Waals surface area contributed by atoms with Crippen molar-refractivity contribution in [1.29, 1.82) is 0 Å². The second kappa shape index (κ2) is 3.09. The smallest absolute Gasteiger partial charge is 0.173 e. The quantitative estimate of drug-likeness (QED) is 0.588. The topological polar surface area (TPSA) is 46.5 Å². The van der Waals surface area contributed by atoms with Gasteiger partial charge in [0.1, 0.15) is 6.10 Å². The molecule has 1 heterocycles. The van der Waals surface area contributed by atoms with Crippen LogP contribution >= 0.6 is 0 Å². The van der Waals surface area contributed by atoms with Gasteiger partial charge in [0, 0.05) is 0 Å². The van der Waals surface area contributed by atoms with Crippen LogP contribution in [0.25, 0.3) is 0 Å². The molecule has 0 aromatic carbocycles. The van der Waals surface area contributed by atoms with Gasteiger partial charge in [-0.25, -0.2) is 0 Å². The molecule has 0 aromatic heterocycles. The predicted octanol–water partition coefficient (Wildman–Crippen LogP) is 0.448. The van der Waals surface area contributed by atoms with E-state index in [4.69, 9.17) is 4.74 Å². The molecule has 2 rings (SSSR count). The summed E-state index contributed by atoms with van der Waals surface area (Å²) in [5.74, 6) is -0.409. The number of ether oxygens (including phenoxy) is 1. The number of fused-ring (bicyclic) bond motifs is 1. The molecule has 1 fully saturated rings. The molecule has 0 aromatic rings. The Hall–Kier alpha value is -0.930. The Morgan fingerprint density at radius 2 is 2.38 bits per heavy atom. The maximum absolute atomic E-state index is 11.5. The number of aliphatic hydroxyl groups is 1. The maximum atomic E-state index is 11.5. The lowest BCUT2D eigenvalue weighted by atomic mass is 9.86. The Labute approximate surface area is 76.7 Å². The molecule has 3 heteroatoms.